The van der Waals surface area contributed by atoms with E-state index in [0.717, 1.165) is 101 Å². The summed E-state index contributed by atoms with van der Waals surface area (Å²) in [5, 5.41) is 101. The first-order chi connectivity index (χ1) is 53.3. The van der Waals surface area contributed by atoms with Crippen LogP contribution in [0.5, 0.6) is 34.5 Å². The first-order valence-corrected chi connectivity index (χ1v) is 55.4. The van der Waals surface area contributed by atoms with Crippen LogP contribution >= 0.6 is 42.6 Å². The Kier molecular flexibility index (Phi) is 79.3. The summed E-state index contributed by atoms with van der Waals surface area (Å²) >= 11 is -2.95. The van der Waals surface area contributed by atoms with Gasteiger partial charge in [0.2, 0.25) is 0 Å². The van der Waals surface area contributed by atoms with Crippen LogP contribution in [0.25, 0.3) is 0 Å². The van der Waals surface area contributed by atoms with Gasteiger partial charge in [0.15, 0.2) is 0 Å². The van der Waals surface area contributed by atoms with Gasteiger partial charge in [-0.2, -0.15) is 0 Å². The molecule has 0 saturated carbocycles. The second kappa shape index (κ2) is 69.6. The number of aryl methyl sites for hydroxylation is 6. The van der Waals surface area contributed by atoms with E-state index in [9.17, 15) is 30.6 Å². The SMILES string of the molecule is CC(C)O.CC(C)O.CC(C)O.CC(C)O.CC(C)O.COCc1cc(C)cc(C(C)(C)C)c1O.COCc1cc(C)cc(C(C)(C)C)c1O.COCc1cc(C)cc(C(C)(C)C)c1O.COCc1cc(C)cc(C(C)(C)C)c1O.COCc1cc(C)cc(C(C)(C)C)c1O.Cc1cc(CN(C)C)c(O)c(C(C)(C)C)c1.[Cl][Zr]([Cl])[Cl].[Cl][Zr][Cl].[Zr].[Zr]. The Labute approximate surface area is 805 Å². The van der Waals surface area contributed by atoms with Crippen molar-refractivity contribution in [1.29, 1.82) is 0 Å². The molecule has 0 bridgehead atoms. The smallest absolute Gasteiger partial charge is 0 e. The first-order valence-electron chi connectivity index (χ1n) is 39.6. The summed E-state index contributed by atoms with van der Waals surface area (Å²) in [6.07, 6.45) is -0.833. The zero-order chi connectivity index (χ0) is 94.9. The summed E-state index contributed by atoms with van der Waals surface area (Å²) in [5.41, 5.74) is 18.0. The number of aliphatic hydroxyl groups is 5. The van der Waals surface area contributed by atoms with Crippen molar-refractivity contribution in [3.8, 4) is 34.5 Å². The molecule has 120 heavy (non-hydrogen) atoms. The molecule has 17 nitrogen and oxygen atoms in total. The molecule has 26 heteroatoms. The normalized spacial score (nSPS) is 10.8. The van der Waals surface area contributed by atoms with Crippen molar-refractivity contribution in [2.24, 2.45) is 0 Å². The number of rotatable bonds is 12. The largest absolute Gasteiger partial charge is 0 e. The summed E-state index contributed by atoms with van der Waals surface area (Å²) < 4.78 is 25.4. The number of nitrogens with zero attached hydrogens (tertiary/aromatic N) is 1. The molecule has 691 valence electrons. The number of aromatic hydroxyl groups is 6. The number of aliphatic hydroxyl groups excluding tert-OH is 5. The summed E-state index contributed by atoms with van der Waals surface area (Å²) in [5.74, 6) is 2.30. The van der Waals surface area contributed by atoms with Gasteiger partial charge in [0.25, 0.3) is 0 Å². The quantitative estimate of drug-likeness (QED) is 0.0544. The van der Waals surface area contributed by atoms with Gasteiger partial charge in [0.05, 0.1) is 33.0 Å². The van der Waals surface area contributed by atoms with Crippen molar-refractivity contribution in [2.45, 2.75) is 338 Å². The zero-order valence-corrected chi connectivity index (χ0v) is 95.0. The molecule has 0 amide bonds. The molecule has 0 heterocycles. The fourth-order valence-electron chi connectivity index (χ4n) is 10.3. The molecule has 6 rings (SSSR count). The minimum Gasteiger partial charge on any atom is 0 e. The van der Waals surface area contributed by atoms with Crippen molar-refractivity contribution in [2.75, 3.05) is 49.6 Å². The van der Waals surface area contributed by atoms with Gasteiger partial charge in [-0.15, -0.1) is 0 Å². The van der Waals surface area contributed by atoms with Gasteiger partial charge < -0.3 is 84.8 Å². The number of hydrogen-bond donors (Lipinski definition) is 11. The Morgan fingerprint density at radius 1 is 0.292 bits per heavy atom. The molecule has 0 aliphatic heterocycles. The average molecular weight is 2110 g/mol. The fourth-order valence-corrected chi connectivity index (χ4v) is 10.3. The number of phenols is 6. The summed E-state index contributed by atoms with van der Waals surface area (Å²) in [4.78, 5) is 2.07. The van der Waals surface area contributed by atoms with E-state index in [2.05, 4.69) is 149 Å². The van der Waals surface area contributed by atoms with E-state index in [1.807, 2.05) is 109 Å². The predicted octanol–water partition coefficient (Wildman–Crippen LogP) is 24.2. The Balaban J connectivity index is -0.000000165. The summed E-state index contributed by atoms with van der Waals surface area (Å²) in [6, 6.07) is 24.2. The number of methoxy groups -OCH3 is 5. The van der Waals surface area contributed by atoms with Crippen LogP contribution in [-0.4, -0.2) is 141 Å². The van der Waals surface area contributed by atoms with Crippen LogP contribution in [0, 0.1) is 41.5 Å². The maximum Gasteiger partial charge on any atom is 0 e. The fraction of sp³-hybridized carbons (Fsp3) is 0.617. The summed E-state index contributed by atoms with van der Waals surface area (Å²) in [6.45, 7) is 70.3. The predicted molar refractivity (Wildman–Crippen MR) is 496 cm³/mol. The molecule has 0 atom stereocenters. The van der Waals surface area contributed by atoms with E-state index in [1.165, 1.54) is 5.56 Å². The number of halogens is 5. The number of hydrogen-bond acceptors (Lipinski definition) is 17. The van der Waals surface area contributed by atoms with Crippen LogP contribution in [0.15, 0.2) is 72.8 Å². The molecule has 0 saturated heterocycles. The van der Waals surface area contributed by atoms with E-state index in [1.54, 1.807) is 105 Å². The third-order valence-corrected chi connectivity index (χ3v) is 14.8. The maximum atomic E-state index is 10.3. The van der Waals surface area contributed by atoms with Crippen molar-refractivity contribution in [3.05, 3.63) is 173 Å². The maximum absolute atomic E-state index is 10.3. The third kappa shape index (κ3) is 69.7. The van der Waals surface area contributed by atoms with Crippen molar-refractivity contribution < 1.29 is 171 Å². The van der Waals surface area contributed by atoms with Crippen molar-refractivity contribution >= 4 is 42.6 Å². The molecule has 6 aromatic carbocycles. The molecule has 0 aromatic heterocycles. The van der Waals surface area contributed by atoms with Crippen molar-refractivity contribution in [1.82, 2.24) is 4.90 Å². The Morgan fingerprint density at radius 2 is 0.392 bits per heavy atom. The molecule has 0 aliphatic rings. The van der Waals surface area contributed by atoms with E-state index in [-0.39, 0.29) is 115 Å². The van der Waals surface area contributed by atoms with Crippen LogP contribution in [0.3, 0.4) is 0 Å². The molecule has 0 aliphatic carbocycles. The van der Waals surface area contributed by atoms with Crippen LogP contribution in [0.2, 0.25) is 0 Å². The van der Waals surface area contributed by atoms with Gasteiger partial charge >= 0.3 is 81.6 Å². The zero-order valence-electron chi connectivity index (χ0n) is 81.4. The van der Waals surface area contributed by atoms with Crippen LogP contribution in [0.1, 0.15) is 294 Å². The topological polar surface area (TPSA) is 272 Å². The van der Waals surface area contributed by atoms with Crippen LogP contribution in [0.4, 0.5) is 0 Å². The second-order valence-corrected chi connectivity index (χ2v) is 51.5. The minimum atomic E-state index is -2.13. The molecule has 0 radical (unpaired) electrons. The molecule has 11 N–H and O–H groups in total. The second-order valence-electron chi connectivity index (χ2n) is 36.6. The standard InChI is InChI=1S/C14H23NO.5C13H20O2.5C3H8O.5ClH.4Zr/c1-10-7-11(9-15(5)6)13(16)12(8-10)14(2,3)4;5*1-9-6-10(8-15-5)12(14)11(7-9)13(2,3)4;5*1-3(2)4;;;;;;;;;/h7-8,16H,9H2,1-6H3;5*6-7,14H,8H2,1-5H3;5*3-4H,1-2H3;5*1H;;;;/q;;;;;;;;;;;;;;;;;;+2;+3/p-5. The Bertz CT molecular complexity index is 3170. The van der Waals surface area contributed by atoms with Gasteiger partial charge in [0, 0.05) is 158 Å². The molecular formula is C94H163Cl5NO16Zr4. The first kappa shape index (κ1) is 137. The van der Waals surface area contributed by atoms with E-state index in [4.69, 9.17) is 91.8 Å². The monoisotopic (exact) mass is 2100 g/mol. The van der Waals surface area contributed by atoms with Gasteiger partial charge in [-0.05, 0) is 191 Å². The average Bonchev–Trinajstić information content (AvgIpc) is 0.890. The minimum absolute atomic E-state index is 0. The number of benzene rings is 6. The van der Waals surface area contributed by atoms with Gasteiger partial charge in [0.1, 0.15) is 34.5 Å². The van der Waals surface area contributed by atoms with E-state index >= 15 is 0 Å². The summed E-state index contributed by atoms with van der Waals surface area (Å²) in [7, 11) is 37.1. The third-order valence-electron chi connectivity index (χ3n) is 14.8. The molecule has 0 unspecified atom stereocenters. The number of ether oxygens (including phenoxy) is 5. The molecule has 0 fully saturated rings. The van der Waals surface area contributed by atoms with Gasteiger partial charge in [-0.25, -0.2) is 0 Å². The Morgan fingerprint density at radius 3 is 0.483 bits per heavy atom. The molecular weight excluding hydrogens is 1940 g/mol. The molecule has 0 spiro atoms. The van der Waals surface area contributed by atoms with E-state index < -0.39 is 39.0 Å². The van der Waals surface area contributed by atoms with Crippen LogP contribution < -0.4 is 0 Å². The molecule has 6 aromatic rings. The number of phenolic OH excluding ortho intramolecular Hbond substituents is 6. The van der Waals surface area contributed by atoms with Gasteiger partial charge in [-0.3, -0.25) is 0 Å². The van der Waals surface area contributed by atoms with Crippen molar-refractivity contribution in [3.63, 3.8) is 0 Å². The Hall–Kier alpha value is -1.34. The van der Waals surface area contributed by atoms with Crippen LogP contribution in [-0.2, 0) is 187 Å². The van der Waals surface area contributed by atoms with E-state index in [0.29, 0.717) is 67.5 Å². The van der Waals surface area contributed by atoms with Gasteiger partial charge in [-0.1, -0.05) is 231 Å².